The third kappa shape index (κ3) is 3.59. The molecule has 3 aromatic heterocycles. The SMILES string of the molecule is Cc1cccnc1NC(=O)c1cc(C(=O)Nc2ncccc2C)n(C)n1. The second kappa shape index (κ2) is 7.14. The lowest BCUT2D eigenvalue weighted by Gasteiger charge is -2.06. The normalized spacial score (nSPS) is 10.4. The molecule has 0 bridgehead atoms. The van der Waals surface area contributed by atoms with Crippen LogP contribution in [0.1, 0.15) is 32.1 Å². The summed E-state index contributed by atoms with van der Waals surface area (Å²) < 4.78 is 1.35. The minimum absolute atomic E-state index is 0.125. The van der Waals surface area contributed by atoms with Crippen molar-refractivity contribution in [2.45, 2.75) is 13.8 Å². The molecular weight excluding hydrogens is 332 g/mol. The van der Waals surface area contributed by atoms with Crippen LogP contribution >= 0.6 is 0 Å². The number of aromatic nitrogens is 4. The molecule has 0 radical (unpaired) electrons. The number of nitrogens with one attached hydrogen (secondary N) is 2. The molecule has 0 saturated heterocycles. The van der Waals surface area contributed by atoms with Crippen molar-refractivity contribution in [2.75, 3.05) is 10.6 Å². The molecule has 0 aliphatic carbocycles. The summed E-state index contributed by atoms with van der Waals surface area (Å²) in [5.74, 6) is 0.0948. The summed E-state index contributed by atoms with van der Waals surface area (Å²) in [4.78, 5) is 33.1. The van der Waals surface area contributed by atoms with Crippen LogP contribution in [0, 0.1) is 13.8 Å². The minimum atomic E-state index is -0.435. The van der Waals surface area contributed by atoms with Crippen LogP contribution in [0.4, 0.5) is 11.6 Å². The average Bonchev–Trinajstić information content (AvgIpc) is 3.01. The van der Waals surface area contributed by atoms with E-state index < -0.39 is 11.8 Å². The van der Waals surface area contributed by atoms with E-state index in [1.165, 1.54) is 10.7 Å². The fourth-order valence-electron chi connectivity index (χ4n) is 2.37. The molecule has 0 aromatic carbocycles. The van der Waals surface area contributed by atoms with Crippen LogP contribution in [0.3, 0.4) is 0 Å². The second-order valence-corrected chi connectivity index (χ2v) is 5.78. The molecule has 0 aliphatic rings. The predicted octanol–water partition coefficient (Wildman–Crippen LogP) is 2.33. The zero-order valence-corrected chi connectivity index (χ0v) is 14.6. The van der Waals surface area contributed by atoms with Gasteiger partial charge in [0.1, 0.15) is 17.3 Å². The lowest BCUT2D eigenvalue weighted by Crippen LogP contribution is -2.17. The summed E-state index contributed by atoms with van der Waals surface area (Å²) in [6, 6.07) is 8.70. The van der Waals surface area contributed by atoms with Crippen LogP contribution in [0.25, 0.3) is 0 Å². The molecule has 0 atom stereocenters. The fraction of sp³-hybridized carbons (Fsp3) is 0.167. The Morgan fingerprint density at radius 3 is 2.00 bits per heavy atom. The number of pyridine rings is 2. The highest BCUT2D eigenvalue weighted by atomic mass is 16.2. The highest BCUT2D eigenvalue weighted by molar-refractivity contribution is 6.07. The van der Waals surface area contributed by atoms with Crippen molar-refractivity contribution >= 4 is 23.5 Å². The Bertz CT molecular complexity index is 979. The molecule has 0 fully saturated rings. The van der Waals surface area contributed by atoms with E-state index in [4.69, 9.17) is 0 Å². The summed E-state index contributed by atoms with van der Waals surface area (Å²) in [6.07, 6.45) is 3.19. The zero-order valence-electron chi connectivity index (χ0n) is 14.6. The molecule has 0 unspecified atom stereocenters. The van der Waals surface area contributed by atoms with Gasteiger partial charge in [-0.05, 0) is 37.1 Å². The van der Waals surface area contributed by atoms with Gasteiger partial charge in [-0.3, -0.25) is 14.3 Å². The first-order valence-electron chi connectivity index (χ1n) is 7.95. The van der Waals surface area contributed by atoms with E-state index in [2.05, 4.69) is 25.7 Å². The smallest absolute Gasteiger partial charge is 0.277 e. The van der Waals surface area contributed by atoms with Gasteiger partial charge in [0, 0.05) is 25.5 Å². The van der Waals surface area contributed by atoms with Crippen molar-refractivity contribution in [3.05, 3.63) is 65.2 Å². The number of nitrogens with zero attached hydrogens (tertiary/aromatic N) is 4. The molecule has 2 amide bonds. The van der Waals surface area contributed by atoms with Crippen molar-refractivity contribution in [2.24, 2.45) is 7.05 Å². The van der Waals surface area contributed by atoms with Gasteiger partial charge in [-0.1, -0.05) is 12.1 Å². The largest absolute Gasteiger partial charge is 0.305 e. The summed E-state index contributed by atoms with van der Waals surface area (Å²) in [5.41, 5.74) is 2.05. The lowest BCUT2D eigenvalue weighted by atomic mass is 10.2. The van der Waals surface area contributed by atoms with Gasteiger partial charge < -0.3 is 10.6 Å². The van der Waals surface area contributed by atoms with Crippen LogP contribution < -0.4 is 10.6 Å². The van der Waals surface area contributed by atoms with E-state index in [-0.39, 0.29) is 11.4 Å². The molecule has 0 spiro atoms. The van der Waals surface area contributed by atoms with Gasteiger partial charge in [0.2, 0.25) is 0 Å². The van der Waals surface area contributed by atoms with Gasteiger partial charge in [-0.15, -0.1) is 0 Å². The number of hydrogen-bond donors (Lipinski definition) is 2. The van der Waals surface area contributed by atoms with Crippen molar-refractivity contribution in [3.8, 4) is 0 Å². The minimum Gasteiger partial charge on any atom is -0.305 e. The number of rotatable bonds is 4. The summed E-state index contributed by atoms with van der Waals surface area (Å²) in [6.45, 7) is 3.69. The Morgan fingerprint density at radius 2 is 1.46 bits per heavy atom. The fourth-order valence-corrected chi connectivity index (χ4v) is 2.37. The number of carbonyl (C=O) groups is 2. The van der Waals surface area contributed by atoms with Crippen molar-refractivity contribution in [1.82, 2.24) is 19.7 Å². The molecule has 8 heteroatoms. The van der Waals surface area contributed by atoms with E-state index >= 15 is 0 Å². The maximum atomic E-state index is 12.5. The third-order valence-corrected chi connectivity index (χ3v) is 3.83. The number of aryl methyl sites for hydroxylation is 3. The van der Waals surface area contributed by atoms with Crippen LogP contribution in [0.2, 0.25) is 0 Å². The van der Waals surface area contributed by atoms with E-state index in [0.29, 0.717) is 11.6 Å². The van der Waals surface area contributed by atoms with Crippen LogP contribution in [0.5, 0.6) is 0 Å². The highest BCUT2D eigenvalue weighted by Crippen LogP contribution is 2.14. The lowest BCUT2D eigenvalue weighted by molar-refractivity contribution is 0.101. The third-order valence-electron chi connectivity index (χ3n) is 3.83. The first-order valence-corrected chi connectivity index (χ1v) is 7.95. The molecule has 2 N–H and O–H groups in total. The quantitative estimate of drug-likeness (QED) is 0.752. The van der Waals surface area contributed by atoms with Crippen LogP contribution in [0.15, 0.2) is 42.7 Å². The Labute approximate surface area is 150 Å². The zero-order chi connectivity index (χ0) is 18.7. The number of hydrogen-bond acceptors (Lipinski definition) is 5. The summed E-state index contributed by atoms with van der Waals surface area (Å²) in [5, 5.41) is 9.54. The van der Waals surface area contributed by atoms with Crippen molar-refractivity contribution in [1.29, 1.82) is 0 Å². The first-order chi connectivity index (χ1) is 12.5. The molecule has 8 nitrogen and oxygen atoms in total. The van der Waals surface area contributed by atoms with Crippen molar-refractivity contribution < 1.29 is 9.59 Å². The van der Waals surface area contributed by atoms with Gasteiger partial charge in [0.25, 0.3) is 11.8 Å². The van der Waals surface area contributed by atoms with Crippen LogP contribution in [-0.2, 0) is 7.05 Å². The van der Waals surface area contributed by atoms with E-state index in [1.807, 2.05) is 26.0 Å². The molecule has 0 aliphatic heterocycles. The number of amides is 2. The van der Waals surface area contributed by atoms with Gasteiger partial charge in [-0.2, -0.15) is 5.10 Å². The standard InChI is InChI=1S/C18H18N6O2/c1-11-6-4-8-19-15(11)21-17(25)13-10-14(24(3)23-13)18(26)22-16-12(2)7-5-9-20-16/h4-10H,1-3H3,(H,19,21,25)(H,20,22,26). The molecule has 0 saturated carbocycles. The maximum Gasteiger partial charge on any atom is 0.277 e. The molecule has 3 aromatic rings. The highest BCUT2D eigenvalue weighted by Gasteiger charge is 2.19. The Balaban J connectivity index is 1.78. The van der Waals surface area contributed by atoms with Gasteiger partial charge in [0.15, 0.2) is 5.69 Å². The van der Waals surface area contributed by atoms with Gasteiger partial charge >= 0.3 is 0 Å². The number of carbonyl (C=O) groups excluding carboxylic acids is 2. The van der Waals surface area contributed by atoms with E-state index in [9.17, 15) is 9.59 Å². The predicted molar refractivity (Wildman–Crippen MR) is 97.1 cm³/mol. The monoisotopic (exact) mass is 350 g/mol. The molecular formula is C18H18N6O2. The Morgan fingerprint density at radius 1 is 0.923 bits per heavy atom. The number of anilines is 2. The first kappa shape index (κ1) is 17.3. The Hall–Kier alpha value is -3.55. The second-order valence-electron chi connectivity index (χ2n) is 5.78. The molecule has 3 rings (SSSR count). The topological polar surface area (TPSA) is 102 Å². The Kier molecular flexibility index (Phi) is 4.74. The van der Waals surface area contributed by atoms with Crippen molar-refractivity contribution in [3.63, 3.8) is 0 Å². The maximum absolute atomic E-state index is 12.5. The summed E-state index contributed by atoms with van der Waals surface area (Å²) in [7, 11) is 1.60. The van der Waals surface area contributed by atoms with Gasteiger partial charge in [0.05, 0.1) is 0 Å². The van der Waals surface area contributed by atoms with Gasteiger partial charge in [-0.25, -0.2) is 9.97 Å². The average molecular weight is 350 g/mol. The summed E-state index contributed by atoms with van der Waals surface area (Å²) >= 11 is 0. The molecule has 132 valence electrons. The molecule has 3 heterocycles. The van der Waals surface area contributed by atoms with E-state index in [0.717, 1.165) is 11.1 Å². The van der Waals surface area contributed by atoms with E-state index in [1.54, 1.807) is 31.6 Å². The van der Waals surface area contributed by atoms with Crippen LogP contribution in [-0.4, -0.2) is 31.6 Å². The molecule has 26 heavy (non-hydrogen) atoms.